The number of carbonyl (C=O) groups is 1. The van der Waals surface area contributed by atoms with Crippen molar-refractivity contribution in [1.82, 2.24) is 5.32 Å². The van der Waals surface area contributed by atoms with Crippen LogP contribution in [0, 0.1) is 40.9 Å². The van der Waals surface area contributed by atoms with Crippen molar-refractivity contribution in [2.24, 2.45) is 33.7 Å². The number of terminal acetylenes is 1. The molecular weight excluding hydrogens is 480 g/mol. The zero-order valence-electron chi connectivity index (χ0n) is 22.5. The van der Waals surface area contributed by atoms with Crippen LogP contribution in [0.2, 0.25) is 0 Å². The highest BCUT2D eigenvalue weighted by molar-refractivity contribution is 5.96. The first kappa shape index (κ1) is 26.6. The van der Waals surface area contributed by atoms with Crippen molar-refractivity contribution >= 4 is 11.6 Å². The van der Waals surface area contributed by atoms with Crippen LogP contribution in [0.3, 0.4) is 0 Å². The number of phenols is 2. The van der Waals surface area contributed by atoms with E-state index in [0.717, 1.165) is 62.6 Å². The van der Waals surface area contributed by atoms with Gasteiger partial charge in [-0.1, -0.05) is 36.6 Å². The van der Waals surface area contributed by atoms with Crippen LogP contribution in [0.5, 0.6) is 11.5 Å². The van der Waals surface area contributed by atoms with Crippen LogP contribution in [0.25, 0.3) is 0 Å². The predicted molar refractivity (Wildman–Crippen MR) is 145 cm³/mol. The zero-order valence-corrected chi connectivity index (χ0v) is 22.5. The lowest BCUT2D eigenvalue weighted by molar-refractivity contribution is -0.125. The van der Waals surface area contributed by atoms with Crippen molar-refractivity contribution in [3.05, 3.63) is 35.4 Å². The van der Waals surface area contributed by atoms with Gasteiger partial charge in [-0.05, 0) is 105 Å². The minimum absolute atomic E-state index is 0.139. The molecule has 4 N–H and O–H groups in total. The second kappa shape index (κ2) is 9.96. The Hall–Kier alpha value is -2.98. The SMILES string of the molecule is C#C[C@@]1(O)CC[C@H]2[C@@H]3CCC4=C/C(=N/OCC(=O)NCCc5ccc(O)c(O)c5)CC[C@]4(C)[C@H]3CC[C@@]21C. The summed E-state index contributed by atoms with van der Waals surface area (Å²) in [5.41, 5.74) is 2.15. The number of phenolic OH excluding ortho intramolecular Hbond substituents is 2. The molecule has 204 valence electrons. The number of rotatable bonds is 6. The topological polar surface area (TPSA) is 111 Å². The highest BCUT2D eigenvalue weighted by Crippen LogP contribution is 2.67. The molecule has 0 aliphatic heterocycles. The molecular formula is C31H40N2O5. The first-order valence-electron chi connectivity index (χ1n) is 14.0. The summed E-state index contributed by atoms with van der Waals surface area (Å²) in [5, 5.41) is 37.2. The molecule has 6 atom stereocenters. The number of aromatic hydroxyl groups is 2. The van der Waals surface area contributed by atoms with Gasteiger partial charge in [-0.2, -0.15) is 0 Å². The molecule has 38 heavy (non-hydrogen) atoms. The minimum Gasteiger partial charge on any atom is -0.504 e. The molecule has 0 aromatic heterocycles. The van der Waals surface area contributed by atoms with Crippen LogP contribution in [0.4, 0.5) is 0 Å². The van der Waals surface area contributed by atoms with Crippen LogP contribution in [0.1, 0.15) is 70.8 Å². The summed E-state index contributed by atoms with van der Waals surface area (Å²) in [6.07, 6.45) is 16.4. The van der Waals surface area contributed by atoms with Crippen molar-refractivity contribution in [2.45, 2.75) is 77.2 Å². The van der Waals surface area contributed by atoms with E-state index >= 15 is 0 Å². The smallest absolute Gasteiger partial charge is 0.260 e. The number of nitrogens with one attached hydrogen (secondary N) is 1. The maximum Gasteiger partial charge on any atom is 0.260 e. The Labute approximate surface area is 225 Å². The predicted octanol–water partition coefficient (Wildman–Crippen LogP) is 4.46. The molecule has 3 fully saturated rings. The maximum atomic E-state index is 12.2. The van der Waals surface area contributed by atoms with Gasteiger partial charge in [0.05, 0.1) is 5.71 Å². The number of oxime groups is 1. The largest absolute Gasteiger partial charge is 0.504 e. The summed E-state index contributed by atoms with van der Waals surface area (Å²) in [6, 6.07) is 4.62. The van der Waals surface area contributed by atoms with E-state index in [1.165, 1.54) is 17.7 Å². The molecule has 1 aromatic rings. The van der Waals surface area contributed by atoms with Gasteiger partial charge in [-0.3, -0.25) is 4.79 Å². The summed E-state index contributed by atoms with van der Waals surface area (Å²) >= 11 is 0. The highest BCUT2D eigenvalue weighted by Gasteiger charge is 2.63. The summed E-state index contributed by atoms with van der Waals surface area (Å²) < 4.78 is 0. The molecule has 4 aliphatic carbocycles. The number of fused-ring (bicyclic) bond motifs is 5. The van der Waals surface area contributed by atoms with Crippen molar-refractivity contribution < 1.29 is 25.0 Å². The molecule has 5 rings (SSSR count). The van der Waals surface area contributed by atoms with Gasteiger partial charge in [0.25, 0.3) is 5.91 Å². The fraction of sp³-hybridized carbons (Fsp3) is 0.613. The lowest BCUT2D eigenvalue weighted by atomic mass is 9.46. The molecule has 0 heterocycles. The third-order valence-corrected chi connectivity index (χ3v) is 10.5. The van der Waals surface area contributed by atoms with Crippen molar-refractivity contribution in [3.8, 4) is 23.8 Å². The molecule has 0 saturated heterocycles. The summed E-state index contributed by atoms with van der Waals surface area (Å²) in [5.74, 6) is 3.87. The first-order chi connectivity index (χ1) is 18.1. The Bertz CT molecular complexity index is 1200. The van der Waals surface area contributed by atoms with E-state index in [9.17, 15) is 20.1 Å². The molecule has 7 heteroatoms. The average Bonchev–Trinajstić information content (AvgIpc) is 3.17. The van der Waals surface area contributed by atoms with Gasteiger partial charge in [0.2, 0.25) is 0 Å². The Balaban J connectivity index is 1.15. The lowest BCUT2D eigenvalue weighted by Gasteiger charge is -2.58. The molecule has 0 radical (unpaired) electrons. The van der Waals surface area contributed by atoms with E-state index in [1.807, 2.05) is 0 Å². The second-order valence-corrected chi connectivity index (χ2v) is 12.3. The molecule has 1 amide bonds. The summed E-state index contributed by atoms with van der Waals surface area (Å²) in [7, 11) is 0. The minimum atomic E-state index is -0.968. The molecule has 7 nitrogen and oxygen atoms in total. The van der Waals surface area contributed by atoms with E-state index in [2.05, 4.69) is 36.3 Å². The maximum absolute atomic E-state index is 12.2. The van der Waals surface area contributed by atoms with Crippen LogP contribution in [-0.4, -0.2) is 45.7 Å². The summed E-state index contributed by atoms with van der Waals surface area (Å²) in [6.45, 7) is 4.89. The van der Waals surface area contributed by atoms with E-state index in [1.54, 1.807) is 6.07 Å². The fourth-order valence-electron chi connectivity index (χ4n) is 8.19. The third kappa shape index (κ3) is 4.47. The van der Waals surface area contributed by atoms with Gasteiger partial charge in [0.1, 0.15) is 5.60 Å². The number of carbonyl (C=O) groups excluding carboxylic acids is 1. The number of aliphatic hydroxyl groups is 1. The van der Waals surface area contributed by atoms with E-state index in [0.29, 0.717) is 30.7 Å². The monoisotopic (exact) mass is 520 g/mol. The number of nitrogens with zero attached hydrogens (tertiary/aromatic N) is 1. The summed E-state index contributed by atoms with van der Waals surface area (Å²) in [4.78, 5) is 17.6. The van der Waals surface area contributed by atoms with Crippen LogP contribution in [0.15, 0.2) is 35.0 Å². The lowest BCUT2D eigenvalue weighted by Crippen LogP contribution is -2.54. The van der Waals surface area contributed by atoms with E-state index in [4.69, 9.17) is 11.3 Å². The number of hydrogen-bond acceptors (Lipinski definition) is 6. The standard InChI is InChI=1S/C31H40N2O5/c1-4-31(37)15-11-25-23-7-6-21-18-22(9-13-29(21,2)24(23)10-14-30(25,31)3)33-38-19-28(36)32-16-12-20-5-8-26(34)27(35)17-20/h1,5,8,17-18,23-25,34-35,37H,6-7,9-16,19H2,2-3H3,(H,32,36)/b33-22+/t23-,24+,25+,29+,30+,31-/m1/s1. The van der Waals surface area contributed by atoms with Gasteiger partial charge in [0.15, 0.2) is 18.1 Å². The number of amides is 1. The Morgan fingerprint density at radius 1 is 1.13 bits per heavy atom. The first-order valence-corrected chi connectivity index (χ1v) is 14.0. The van der Waals surface area contributed by atoms with Crippen molar-refractivity contribution in [1.29, 1.82) is 0 Å². The second-order valence-electron chi connectivity index (χ2n) is 12.3. The van der Waals surface area contributed by atoms with Gasteiger partial charge in [-0.15, -0.1) is 6.42 Å². The van der Waals surface area contributed by atoms with Gasteiger partial charge >= 0.3 is 0 Å². The Kier molecular flexibility index (Phi) is 6.98. The van der Waals surface area contributed by atoms with E-state index < -0.39 is 5.60 Å². The van der Waals surface area contributed by atoms with Gasteiger partial charge in [0, 0.05) is 12.0 Å². The van der Waals surface area contributed by atoms with Gasteiger partial charge in [-0.25, -0.2) is 0 Å². The Morgan fingerprint density at radius 2 is 1.92 bits per heavy atom. The van der Waals surface area contributed by atoms with Crippen LogP contribution in [-0.2, 0) is 16.1 Å². The zero-order chi connectivity index (χ0) is 27.1. The number of hydrogen-bond donors (Lipinski definition) is 4. The molecule has 0 spiro atoms. The Morgan fingerprint density at radius 3 is 2.68 bits per heavy atom. The van der Waals surface area contributed by atoms with Gasteiger partial charge < -0.3 is 25.5 Å². The van der Waals surface area contributed by atoms with E-state index in [-0.39, 0.29) is 34.8 Å². The van der Waals surface area contributed by atoms with Crippen LogP contribution < -0.4 is 5.32 Å². The third-order valence-electron chi connectivity index (χ3n) is 10.5. The van der Waals surface area contributed by atoms with Crippen molar-refractivity contribution in [2.75, 3.05) is 13.2 Å². The van der Waals surface area contributed by atoms with Crippen LogP contribution >= 0.6 is 0 Å². The fourth-order valence-corrected chi connectivity index (χ4v) is 8.19. The average molecular weight is 521 g/mol. The molecule has 1 aromatic carbocycles. The molecule has 0 bridgehead atoms. The van der Waals surface area contributed by atoms with Crippen molar-refractivity contribution in [3.63, 3.8) is 0 Å². The number of benzene rings is 1. The highest BCUT2D eigenvalue weighted by atomic mass is 16.6. The molecule has 3 saturated carbocycles. The quantitative estimate of drug-likeness (QED) is 0.252. The normalized spacial score (nSPS) is 36.8. The molecule has 0 unspecified atom stereocenters. The molecule has 4 aliphatic rings. The number of allylic oxidation sites excluding steroid dienone is 2.